The van der Waals surface area contributed by atoms with Crippen molar-refractivity contribution in [3.05, 3.63) is 23.8 Å². The van der Waals surface area contributed by atoms with Gasteiger partial charge in [-0.25, -0.2) is 0 Å². The van der Waals surface area contributed by atoms with Gasteiger partial charge < -0.3 is 14.6 Å². The zero-order valence-electron chi connectivity index (χ0n) is 13.4. The van der Waals surface area contributed by atoms with Gasteiger partial charge in [0.15, 0.2) is 11.5 Å². The predicted molar refractivity (Wildman–Crippen MR) is 89.2 cm³/mol. The molecule has 0 spiro atoms. The Morgan fingerprint density at radius 3 is 2.59 bits per heavy atom. The number of methoxy groups -OCH3 is 1. The minimum atomic E-state index is -0.802. The predicted octanol–water partition coefficient (Wildman–Crippen LogP) is 3.72. The van der Waals surface area contributed by atoms with Crippen LogP contribution in [0.15, 0.2) is 18.2 Å². The van der Waals surface area contributed by atoms with E-state index in [9.17, 15) is 4.79 Å². The van der Waals surface area contributed by atoms with E-state index in [1.54, 1.807) is 7.11 Å². The van der Waals surface area contributed by atoms with Crippen molar-refractivity contribution in [1.82, 2.24) is 0 Å². The number of rotatable bonds is 6. The van der Waals surface area contributed by atoms with Crippen molar-refractivity contribution in [1.29, 1.82) is 0 Å². The molecule has 1 saturated heterocycles. The largest absolute Gasteiger partial charge is 0.493 e. The molecule has 0 unspecified atom stereocenters. The Balaban J connectivity index is 2.18. The highest BCUT2D eigenvalue weighted by atomic mass is 32.2. The van der Waals surface area contributed by atoms with Crippen molar-refractivity contribution >= 4 is 17.7 Å². The Kier molecular flexibility index (Phi) is 5.62. The van der Waals surface area contributed by atoms with Crippen LogP contribution in [0.5, 0.6) is 11.5 Å². The molecule has 1 fully saturated rings. The topological polar surface area (TPSA) is 55.8 Å². The van der Waals surface area contributed by atoms with Gasteiger partial charge in [0, 0.05) is 5.41 Å². The number of carboxylic acid groups (broad SMARTS) is 1. The fourth-order valence-electron chi connectivity index (χ4n) is 2.64. The third kappa shape index (κ3) is 4.32. The number of hydrogen-bond acceptors (Lipinski definition) is 4. The summed E-state index contributed by atoms with van der Waals surface area (Å²) in [5.41, 5.74) is 0.498. The van der Waals surface area contributed by atoms with Crippen LogP contribution in [0.4, 0.5) is 0 Å². The first-order valence-electron chi connectivity index (χ1n) is 7.57. The third-order valence-electron chi connectivity index (χ3n) is 4.00. The summed E-state index contributed by atoms with van der Waals surface area (Å²) in [6.07, 6.45) is 2.43. The molecule has 122 valence electrons. The van der Waals surface area contributed by atoms with Crippen molar-refractivity contribution in [3.8, 4) is 11.5 Å². The van der Waals surface area contributed by atoms with E-state index in [4.69, 9.17) is 14.6 Å². The summed E-state index contributed by atoms with van der Waals surface area (Å²) in [6, 6.07) is 5.74. The molecule has 0 radical (unpaired) electrons. The standard InChI is InChI=1S/C17H24O4S/c1-17(2,11-16(18)19)12-4-5-14(15(10-12)20-3)21-13-6-8-22-9-7-13/h4-5,10,13H,6-9,11H2,1-3H3,(H,18,19). The molecule has 1 aliphatic rings. The van der Waals surface area contributed by atoms with Crippen LogP contribution < -0.4 is 9.47 Å². The molecule has 0 bridgehead atoms. The number of hydrogen-bond donors (Lipinski definition) is 1. The lowest BCUT2D eigenvalue weighted by Crippen LogP contribution is -2.23. The van der Waals surface area contributed by atoms with Crippen LogP contribution in [0.25, 0.3) is 0 Å². The van der Waals surface area contributed by atoms with E-state index in [1.807, 2.05) is 43.8 Å². The first kappa shape index (κ1) is 17.0. The summed E-state index contributed by atoms with van der Waals surface area (Å²) < 4.78 is 11.5. The van der Waals surface area contributed by atoms with Crippen LogP contribution in [0.3, 0.4) is 0 Å². The van der Waals surface area contributed by atoms with E-state index in [0.717, 1.165) is 35.7 Å². The van der Waals surface area contributed by atoms with Crippen molar-refractivity contribution < 1.29 is 19.4 Å². The summed E-state index contributed by atoms with van der Waals surface area (Å²) in [4.78, 5) is 11.0. The van der Waals surface area contributed by atoms with E-state index in [1.165, 1.54) is 0 Å². The lowest BCUT2D eigenvalue weighted by Gasteiger charge is -2.26. The quantitative estimate of drug-likeness (QED) is 0.864. The lowest BCUT2D eigenvalue weighted by molar-refractivity contribution is -0.138. The van der Waals surface area contributed by atoms with E-state index < -0.39 is 11.4 Å². The molecule has 2 rings (SSSR count). The smallest absolute Gasteiger partial charge is 0.304 e. The molecular formula is C17H24O4S. The van der Waals surface area contributed by atoms with Gasteiger partial charge in [0.2, 0.25) is 0 Å². The fourth-order valence-corrected chi connectivity index (χ4v) is 3.70. The molecule has 1 aromatic rings. The normalized spacial score (nSPS) is 16.3. The Morgan fingerprint density at radius 2 is 2.00 bits per heavy atom. The van der Waals surface area contributed by atoms with Gasteiger partial charge in [0.1, 0.15) is 6.10 Å². The molecule has 0 atom stereocenters. The minimum Gasteiger partial charge on any atom is -0.493 e. The van der Waals surface area contributed by atoms with E-state index in [2.05, 4.69) is 0 Å². The SMILES string of the molecule is COc1cc(C(C)(C)CC(=O)O)ccc1OC1CCSCC1. The molecule has 1 heterocycles. The highest BCUT2D eigenvalue weighted by Crippen LogP contribution is 2.36. The lowest BCUT2D eigenvalue weighted by atomic mass is 9.81. The van der Waals surface area contributed by atoms with Gasteiger partial charge in [-0.15, -0.1) is 0 Å². The first-order chi connectivity index (χ1) is 10.4. The Hall–Kier alpha value is -1.36. The average Bonchev–Trinajstić information content (AvgIpc) is 2.47. The summed E-state index contributed by atoms with van der Waals surface area (Å²) in [5, 5.41) is 9.05. The summed E-state index contributed by atoms with van der Waals surface area (Å²) in [5.74, 6) is 2.89. The second kappa shape index (κ2) is 7.27. The van der Waals surface area contributed by atoms with Crippen molar-refractivity contribution in [2.45, 2.75) is 44.6 Å². The van der Waals surface area contributed by atoms with Gasteiger partial charge in [0.25, 0.3) is 0 Å². The highest BCUT2D eigenvalue weighted by Gasteiger charge is 2.26. The van der Waals surface area contributed by atoms with Gasteiger partial charge in [-0.1, -0.05) is 19.9 Å². The van der Waals surface area contributed by atoms with Crippen LogP contribution in [0.2, 0.25) is 0 Å². The molecule has 22 heavy (non-hydrogen) atoms. The van der Waals surface area contributed by atoms with E-state index in [0.29, 0.717) is 5.75 Å². The molecular weight excluding hydrogens is 300 g/mol. The molecule has 0 aliphatic carbocycles. The van der Waals surface area contributed by atoms with Crippen LogP contribution >= 0.6 is 11.8 Å². The maximum atomic E-state index is 11.0. The van der Waals surface area contributed by atoms with Crippen LogP contribution in [-0.2, 0) is 10.2 Å². The molecule has 1 aromatic carbocycles. The number of carboxylic acids is 1. The average molecular weight is 324 g/mol. The van der Waals surface area contributed by atoms with Gasteiger partial charge in [-0.05, 0) is 42.0 Å². The molecule has 4 nitrogen and oxygen atoms in total. The van der Waals surface area contributed by atoms with E-state index in [-0.39, 0.29) is 12.5 Å². The van der Waals surface area contributed by atoms with Crippen LogP contribution in [-0.4, -0.2) is 35.8 Å². The van der Waals surface area contributed by atoms with Gasteiger partial charge >= 0.3 is 5.97 Å². The zero-order valence-corrected chi connectivity index (χ0v) is 14.2. The molecule has 1 N–H and O–H groups in total. The highest BCUT2D eigenvalue weighted by molar-refractivity contribution is 7.99. The van der Waals surface area contributed by atoms with Crippen LogP contribution in [0.1, 0.15) is 38.7 Å². The van der Waals surface area contributed by atoms with Gasteiger partial charge in [-0.2, -0.15) is 11.8 Å². The monoisotopic (exact) mass is 324 g/mol. The van der Waals surface area contributed by atoms with Crippen molar-refractivity contribution in [2.75, 3.05) is 18.6 Å². The molecule has 0 amide bonds. The third-order valence-corrected chi connectivity index (χ3v) is 5.05. The van der Waals surface area contributed by atoms with E-state index >= 15 is 0 Å². The number of ether oxygens (including phenoxy) is 2. The maximum absolute atomic E-state index is 11.0. The second-order valence-corrected chi connectivity index (χ2v) is 7.47. The molecule has 0 saturated carbocycles. The zero-order chi connectivity index (χ0) is 16.2. The molecule has 1 aliphatic heterocycles. The number of thioether (sulfide) groups is 1. The van der Waals surface area contributed by atoms with Crippen LogP contribution in [0, 0.1) is 0 Å². The number of carbonyl (C=O) groups is 1. The number of benzene rings is 1. The summed E-state index contributed by atoms with van der Waals surface area (Å²) >= 11 is 1.96. The Bertz CT molecular complexity index is 521. The molecule has 5 heteroatoms. The summed E-state index contributed by atoms with van der Waals surface area (Å²) in [7, 11) is 1.62. The number of aliphatic carboxylic acids is 1. The van der Waals surface area contributed by atoms with Gasteiger partial charge in [-0.3, -0.25) is 4.79 Å². The maximum Gasteiger partial charge on any atom is 0.304 e. The first-order valence-corrected chi connectivity index (χ1v) is 8.72. The fraction of sp³-hybridized carbons (Fsp3) is 0.588. The van der Waals surface area contributed by atoms with Gasteiger partial charge in [0.05, 0.1) is 13.5 Å². The Labute approximate surface area is 136 Å². The Morgan fingerprint density at radius 1 is 1.32 bits per heavy atom. The van der Waals surface area contributed by atoms with Crippen molar-refractivity contribution in [2.24, 2.45) is 0 Å². The second-order valence-electron chi connectivity index (χ2n) is 6.25. The minimum absolute atomic E-state index is 0.0796. The molecule has 0 aromatic heterocycles. The summed E-state index contributed by atoms with van der Waals surface area (Å²) in [6.45, 7) is 3.85. The van der Waals surface area contributed by atoms with Crippen molar-refractivity contribution in [3.63, 3.8) is 0 Å².